The first-order chi connectivity index (χ1) is 7.93. The van der Waals surface area contributed by atoms with Crippen LogP contribution in [0.2, 0.25) is 0 Å². The fourth-order valence-corrected chi connectivity index (χ4v) is 3.46. The summed E-state index contributed by atoms with van der Waals surface area (Å²) in [6.45, 7) is 6.48. The Labute approximate surface area is 105 Å². The van der Waals surface area contributed by atoms with Gasteiger partial charge in [-0.2, -0.15) is 0 Å². The molecule has 3 nitrogen and oxygen atoms in total. The number of ether oxygens (including phenoxy) is 1. The van der Waals surface area contributed by atoms with Gasteiger partial charge in [0, 0.05) is 18.6 Å². The molecule has 0 aromatic heterocycles. The molecule has 0 bridgehead atoms. The highest BCUT2D eigenvalue weighted by molar-refractivity contribution is 5.04. The van der Waals surface area contributed by atoms with Crippen molar-refractivity contribution in [3.63, 3.8) is 0 Å². The van der Waals surface area contributed by atoms with Crippen molar-refractivity contribution in [2.45, 2.75) is 58.0 Å². The summed E-state index contributed by atoms with van der Waals surface area (Å²) in [5.41, 5.74) is 5.64. The Kier molecular flexibility index (Phi) is 3.54. The predicted molar refractivity (Wildman–Crippen MR) is 68.7 cm³/mol. The maximum Gasteiger partial charge on any atom is 0.0948 e. The molecule has 0 aromatic rings. The van der Waals surface area contributed by atoms with Crippen molar-refractivity contribution in [3.8, 4) is 0 Å². The first-order valence-corrected chi connectivity index (χ1v) is 6.93. The molecule has 1 unspecified atom stereocenters. The minimum absolute atomic E-state index is 0.108. The molecule has 3 N–H and O–H groups in total. The van der Waals surface area contributed by atoms with Crippen LogP contribution in [-0.4, -0.2) is 30.5 Å². The van der Waals surface area contributed by atoms with Gasteiger partial charge in [-0.3, -0.25) is 0 Å². The van der Waals surface area contributed by atoms with Gasteiger partial charge in [-0.05, 0) is 43.9 Å². The Morgan fingerprint density at radius 2 is 1.76 bits per heavy atom. The van der Waals surface area contributed by atoms with Gasteiger partial charge in [-0.25, -0.2) is 0 Å². The molecule has 100 valence electrons. The first kappa shape index (κ1) is 13.3. The number of aliphatic hydroxyl groups is 1. The molecule has 2 rings (SSSR count). The standard InChI is InChI=1S/C14H27NO2/c1-12(2)5-7-13(10-15,8-6-12)14(16)4-3-9-17-11-14/h16H,3-11,15H2,1-2H3. The third-order valence-electron chi connectivity index (χ3n) is 5.16. The maximum atomic E-state index is 10.9. The van der Waals surface area contributed by atoms with Crippen molar-refractivity contribution in [2.75, 3.05) is 19.8 Å². The summed E-state index contributed by atoms with van der Waals surface area (Å²) in [6, 6.07) is 0. The van der Waals surface area contributed by atoms with E-state index in [0.29, 0.717) is 18.6 Å². The lowest BCUT2D eigenvalue weighted by Gasteiger charge is -2.53. The van der Waals surface area contributed by atoms with E-state index in [2.05, 4.69) is 13.8 Å². The molecule has 17 heavy (non-hydrogen) atoms. The molecule has 2 fully saturated rings. The molecular formula is C14H27NO2. The molecule has 1 saturated carbocycles. The highest BCUT2D eigenvalue weighted by Crippen LogP contribution is 2.52. The van der Waals surface area contributed by atoms with Gasteiger partial charge in [0.05, 0.1) is 12.2 Å². The molecular weight excluding hydrogens is 214 g/mol. The van der Waals surface area contributed by atoms with Crippen molar-refractivity contribution in [1.29, 1.82) is 0 Å². The van der Waals surface area contributed by atoms with Crippen LogP contribution in [0.25, 0.3) is 0 Å². The second-order valence-corrected chi connectivity index (χ2v) is 6.84. The lowest BCUT2D eigenvalue weighted by molar-refractivity contribution is -0.176. The molecule has 2 aliphatic rings. The van der Waals surface area contributed by atoms with Crippen LogP contribution in [-0.2, 0) is 4.74 Å². The predicted octanol–water partition coefficient (Wildman–Crippen LogP) is 2.07. The third-order valence-corrected chi connectivity index (χ3v) is 5.16. The summed E-state index contributed by atoms with van der Waals surface area (Å²) in [5, 5.41) is 10.9. The van der Waals surface area contributed by atoms with Crippen molar-refractivity contribution < 1.29 is 9.84 Å². The lowest BCUT2D eigenvalue weighted by atomic mass is 9.57. The fraction of sp³-hybridized carbons (Fsp3) is 1.00. The summed E-state index contributed by atoms with van der Waals surface area (Å²) < 4.78 is 5.51. The summed E-state index contributed by atoms with van der Waals surface area (Å²) in [4.78, 5) is 0. The van der Waals surface area contributed by atoms with Gasteiger partial charge in [0.1, 0.15) is 0 Å². The second-order valence-electron chi connectivity index (χ2n) is 6.84. The summed E-state index contributed by atoms with van der Waals surface area (Å²) in [7, 11) is 0. The quantitative estimate of drug-likeness (QED) is 0.778. The average Bonchev–Trinajstić information content (AvgIpc) is 2.30. The van der Waals surface area contributed by atoms with Gasteiger partial charge < -0.3 is 15.6 Å². The van der Waals surface area contributed by atoms with E-state index >= 15 is 0 Å². The normalized spacial score (nSPS) is 36.7. The molecule has 0 amide bonds. The Balaban J connectivity index is 2.14. The molecule has 1 aliphatic carbocycles. The SMILES string of the molecule is CC1(C)CCC(CN)(C2(O)CCCOC2)CC1. The zero-order valence-corrected chi connectivity index (χ0v) is 11.3. The highest BCUT2D eigenvalue weighted by Gasteiger charge is 2.52. The Hall–Kier alpha value is -0.120. The number of hydrogen-bond donors (Lipinski definition) is 2. The summed E-state index contributed by atoms with van der Waals surface area (Å²) in [5.74, 6) is 0. The molecule has 1 heterocycles. The monoisotopic (exact) mass is 241 g/mol. The lowest BCUT2D eigenvalue weighted by Crippen LogP contribution is -2.58. The first-order valence-electron chi connectivity index (χ1n) is 6.93. The van der Waals surface area contributed by atoms with Gasteiger partial charge in [-0.15, -0.1) is 0 Å². The van der Waals surface area contributed by atoms with E-state index in [0.717, 1.165) is 45.1 Å². The van der Waals surface area contributed by atoms with Gasteiger partial charge in [-0.1, -0.05) is 13.8 Å². The maximum absolute atomic E-state index is 10.9. The molecule has 0 spiro atoms. The van der Waals surface area contributed by atoms with Gasteiger partial charge >= 0.3 is 0 Å². The number of rotatable bonds is 2. The molecule has 0 aromatic carbocycles. The van der Waals surface area contributed by atoms with E-state index in [-0.39, 0.29) is 5.41 Å². The summed E-state index contributed by atoms with van der Waals surface area (Å²) in [6.07, 6.45) is 6.21. The van der Waals surface area contributed by atoms with E-state index in [4.69, 9.17) is 10.5 Å². The average molecular weight is 241 g/mol. The van der Waals surface area contributed by atoms with E-state index in [1.54, 1.807) is 0 Å². The molecule has 0 radical (unpaired) electrons. The topological polar surface area (TPSA) is 55.5 Å². The van der Waals surface area contributed by atoms with Crippen LogP contribution in [0.15, 0.2) is 0 Å². The third kappa shape index (κ3) is 2.38. The second kappa shape index (κ2) is 4.52. The largest absolute Gasteiger partial charge is 0.387 e. The molecule has 1 saturated heterocycles. The number of hydrogen-bond acceptors (Lipinski definition) is 3. The smallest absolute Gasteiger partial charge is 0.0948 e. The van der Waals surface area contributed by atoms with Crippen LogP contribution in [0.5, 0.6) is 0 Å². The van der Waals surface area contributed by atoms with Crippen LogP contribution in [0.4, 0.5) is 0 Å². The van der Waals surface area contributed by atoms with Crippen LogP contribution < -0.4 is 5.73 Å². The van der Waals surface area contributed by atoms with E-state index in [1.807, 2.05) is 0 Å². The van der Waals surface area contributed by atoms with E-state index in [9.17, 15) is 5.11 Å². The van der Waals surface area contributed by atoms with Crippen molar-refractivity contribution in [2.24, 2.45) is 16.6 Å². The Morgan fingerprint density at radius 3 is 2.24 bits per heavy atom. The zero-order valence-electron chi connectivity index (χ0n) is 11.3. The van der Waals surface area contributed by atoms with Crippen molar-refractivity contribution in [3.05, 3.63) is 0 Å². The van der Waals surface area contributed by atoms with Crippen LogP contribution in [0.3, 0.4) is 0 Å². The molecule has 3 heteroatoms. The van der Waals surface area contributed by atoms with Crippen molar-refractivity contribution >= 4 is 0 Å². The Morgan fingerprint density at radius 1 is 1.12 bits per heavy atom. The minimum Gasteiger partial charge on any atom is -0.387 e. The van der Waals surface area contributed by atoms with Crippen LogP contribution in [0, 0.1) is 10.8 Å². The van der Waals surface area contributed by atoms with Crippen molar-refractivity contribution in [1.82, 2.24) is 0 Å². The minimum atomic E-state index is -0.684. The van der Waals surface area contributed by atoms with Gasteiger partial charge in [0.15, 0.2) is 0 Å². The molecule has 1 aliphatic heterocycles. The zero-order chi connectivity index (χ0) is 12.6. The Bertz CT molecular complexity index is 259. The number of nitrogens with two attached hydrogens (primary N) is 1. The van der Waals surface area contributed by atoms with E-state index < -0.39 is 5.60 Å². The van der Waals surface area contributed by atoms with Crippen LogP contribution >= 0.6 is 0 Å². The van der Waals surface area contributed by atoms with Gasteiger partial charge in [0.25, 0.3) is 0 Å². The molecule has 1 atom stereocenters. The van der Waals surface area contributed by atoms with Crippen LogP contribution in [0.1, 0.15) is 52.4 Å². The van der Waals surface area contributed by atoms with E-state index in [1.165, 1.54) is 0 Å². The van der Waals surface area contributed by atoms with Gasteiger partial charge in [0.2, 0.25) is 0 Å². The highest BCUT2D eigenvalue weighted by atomic mass is 16.5. The summed E-state index contributed by atoms with van der Waals surface area (Å²) >= 11 is 0. The fourth-order valence-electron chi connectivity index (χ4n) is 3.46.